The Hall–Kier alpha value is -1.62. The third kappa shape index (κ3) is 4.49. The van der Waals surface area contributed by atoms with Gasteiger partial charge in [0, 0.05) is 19.0 Å². The molecule has 0 heterocycles. The Balaban J connectivity index is 1.63. The van der Waals surface area contributed by atoms with Crippen molar-refractivity contribution in [2.24, 2.45) is 11.7 Å². The number of nitrogens with one attached hydrogen (secondary N) is 1. The van der Waals surface area contributed by atoms with E-state index < -0.39 is 0 Å². The highest BCUT2D eigenvalue weighted by atomic mass is 19.1. The lowest BCUT2D eigenvalue weighted by Gasteiger charge is -2.15. The summed E-state index contributed by atoms with van der Waals surface area (Å²) in [5.74, 6) is 0.391. The number of rotatable bonds is 8. The van der Waals surface area contributed by atoms with E-state index in [0.29, 0.717) is 31.9 Å². The third-order valence-corrected chi connectivity index (χ3v) is 3.43. The van der Waals surface area contributed by atoms with Crippen molar-refractivity contribution in [3.63, 3.8) is 0 Å². The lowest BCUT2D eigenvalue weighted by Crippen LogP contribution is -2.41. The first-order valence-electron chi connectivity index (χ1n) is 7.07. The molecule has 1 atom stereocenters. The normalized spacial score (nSPS) is 15.7. The summed E-state index contributed by atoms with van der Waals surface area (Å²) in [6, 6.07) is 6.36. The molecule has 1 aromatic carbocycles. The Morgan fingerprint density at radius 2 is 2.20 bits per heavy atom. The summed E-state index contributed by atoms with van der Waals surface area (Å²) in [6.45, 7) is 0.813. The van der Waals surface area contributed by atoms with E-state index in [4.69, 9.17) is 10.5 Å². The van der Waals surface area contributed by atoms with Crippen LogP contribution in [0.25, 0.3) is 0 Å². The lowest BCUT2D eigenvalue weighted by molar-refractivity contribution is -0.122. The van der Waals surface area contributed by atoms with Crippen molar-refractivity contribution in [1.82, 2.24) is 5.32 Å². The number of halogens is 1. The number of para-hydroxylation sites is 1. The van der Waals surface area contributed by atoms with Crippen molar-refractivity contribution >= 4 is 5.91 Å². The van der Waals surface area contributed by atoms with Crippen LogP contribution in [0.15, 0.2) is 24.3 Å². The average molecular weight is 280 g/mol. The zero-order valence-corrected chi connectivity index (χ0v) is 11.5. The van der Waals surface area contributed by atoms with Crippen LogP contribution in [0.5, 0.6) is 5.75 Å². The fourth-order valence-electron chi connectivity index (χ4n) is 2.12. The van der Waals surface area contributed by atoms with Gasteiger partial charge in [-0.1, -0.05) is 12.1 Å². The number of amides is 1. The van der Waals surface area contributed by atoms with Crippen LogP contribution in [0.3, 0.4) is 0 Å². The predicted molar refractivity (Wildman–Crippen MR) is 74.8 cm³/mol. The summed E-state index contributed by atoms with van der Waals surface area (Å²) in [6.07, 6.45) is 3.23. The molecule has 0 bridgehead atoms. The van der Waals surface area contributed by atoms with E-state index in [9.17, 15) is 9.18 Å². The second-order valence-electron chi connectivity index (χ2n) is 5.13. The molecule has 0 aliphatic heterocycles. The predicted octanol–water partition coefficient (Wildman–Crippen LogP) is 1.84. The molecule has 110 valence electrons. The van der Waals surface area contributed by atoms with E-state index in [1.807, 2.05) is 0 Å². The summed E-state index contributed by atoms with van der Waals surface area (Å²) in [5, 5.41) is 2.95. The molecule has 4 nitrogen and oxygen atoms in total. The molecule has 1 aromatic rings. The number of carbonyl (C=O) groups excluding carboxylic acids is 1. The largest absolute Gasteiger partial charge is 0.491 e. The van der Waals surface area contributed by atoms with E-state index in [-0.39, 0.29) is 23.5 Å². The molecule has 20 heavy (non-hydrogen) atoms. The molecule has 0 saturated heterocycles. The van der Waals surface area contributed by atoms with E-state index in [1.165, 1.54) is 6.07 Å². The number of benzene rings is 1. The molecule has 1 amide bonds. The minimum atomic E-state index is -0.381. The summed E-state index contributed by atoms with van der Waals surface area (Å²) in [4.78, 5) is 11.7. The van der Waals surface area contributed by atoms with Gasteiger partial charge in [-0.25, -0.2) is 4.39 Å². The lowest BCUT2D eigenvalue weighted by atomic mass is 10.2. The summed E-state index contributed by atoms with van der Waals surface area (Å²) < 4.78 is 18.6. The minimum Gasteiger partial charge on any atom is -0.491 e. The van der Waals surface area contributed by atoms with Crippen LogP contribution in [0.2, 0.25) is 0 Å². The molecule has 0 spiro atoms. The van der Waals surface area contributed by atoms with E-state index in [1.54, 1.807) is 18.2 Å². The van der Waals surface area contributed by atoms with Crippen molar-refractivity contribution in [2.75, 3.05) is 13.2 Å². The summed E-state index contributed by atoms with van der Waals surface area (Å²) in [5.41, 5.74) is 5.63. The first kappa shape index (κ1) is 14.8. The van der Waals surface area contributed by atoms with Crippen molar-refractivity contribution in [3.8, 4) is 5.75 Å². The van der Waals surface area contributed by atoms with Crippen LogP contribution >= 0.6 is 0 Å². The molecule has 3 N–H and O–H groups in total. The highest BCUT2D eigenvalue weighted by Gasteiger charge is 2.30. The fraction of sp³-hybridized carbons (Fsp3) is 0.533. The molecule has 0 aromatic heterocycles. The average Bonchev–Trinajstić information content (AvgIpc) is 3.27. The highest BCUT2D eigenvalue weighted by molar-refractivity contribution is 5.76. The number of carbonyl (C=O) groups is 1. The van der Waals surface area contributed by atoms with Crippen LogP contribution in [0.1, 0.15) is 25.7 Å². The number of hydrogen-bond acceptors (Lipinski definition) is 3. The van der Waals surface area contributed by atoms with Gasteiger partial charge in [-0.2, -0.15) is 0 Å². The molecule has 1 unspecified atom stereocenters. The van der Waals surface area contributed by atoms with Crippen LogP contribution in [0.4, 0.5) is 4.39 Å². The first-order chi connectivity index (χ1) is 9.70. The molecule has 1 saturated carbocycles. The molecular weight excluding hydrogens is 259 g/mol. The van der Waals surface area contributed by atoms with Crippen molar-refractivity contribution in [1.29, 1.82) is 0 Å². The highest BCUT2D eigenvalue weighted by Crippen LogP contribution is 2.32. The molecule has 5 heteroatoms. The molecule has 1 aliphatic carbocycles. The van der Waals surface area contributed by atoms with E-state index in [0.717, 1.165) is 12.8 Å². The quantitative estimate of drug-likeness (QED) is 0.714. The van der Waals surface area contributed by atoms with Crippen LogP contribution < -0.4 is 15.8 Å². The van der Waals surface area contributed by atoms with E-state index >= 15 is 0 Å². The molecule has 1 aliphatic rings. The maximum absolute atomic E-state index is 13.3. The van der Waals surface area contributed by atoms with Gasteiger partial charge in [-0.3, -0.25) is 4.79 Å². The van der Waals surface area contributed by atoms with Crippen LogP contribution in [0, 0.1) is 11.7 Å². The van der Waals surface area contributed by atoms with Crippen molar-refractivity contribution in [3.05, 3.63) is 30.1 Å². The van der Waals surface area contributed by atoms with Gasteiger partial charge >= 0.3 is 0 Å². The smallest absolute Gasteiger partial charge is 0.220 e. The van der Waals surface area contributed by atoms with Gasteiger partial charge in [0.2, 0.25) is 5.91 Å². The topological polar surface area (TPSA) is 64.3 Å². The monoisotopic (exact) mass is 280 g/mol. The SMILES string of the molecule is NCC(NC(=O)CCCOc1ccccc1F)C1CC1. The van der Waals surface area contributed by atoms with Crippen LogP contribution in [-0.4, -0.2) is 25.1 Å². The Bertz CT molecular complexity index is 449. The fourth-order valence-corrected chi connectivity index (χ4v) is 2.12. The molecule has 2 rings (SSSR count). The summed E-state index contributed by atoms with van der Waals surface area (Å²) >= 11 is 0. The molecule has 0 radical (unpaired) electrons. The maximum atomic E-state index is 13.3. The molecular formula is C15H21FN2O2. The minimum absolute atomic E-state index is 0.00974. The van der Waals surface area contributed by atoms with Gasteiger partial charge in [0.1, 0.15) is 0 Å². The van der Waals surface area contributed by atoms with Gasteiger partial charge in [0.15, 0.2) is 11.6 Å². The van der Waals surface area contributed by atoms with Crippen LogP contribution in [-0.2, 0) is 4.79 Å². The van der Waals surface area contributed by atoms with Crippen molar-refractivity contribution < 1.29 is 13.9 Å². The number of hydrogen-bond donors (Lipinski definition) is 2. The first-order valence-corrected chi connectivity index (χ1v) is 7.07. The zero-order valence-electron chi connectivity index (χ0n) is 11.5. The Morgan fingerprint density at radius 3 is 2.85 bits per heavy atom. The van der Waals surface area contributed by atoms with Gasteiger partial charge in [-0.05, 0) is 37.3 Å². The third-order valence-electron chi connectivity index (χ3n) is 3.43. The van der Waals surface area contributed by atoms with Gasteiger partial charge in [0.05, 0.1) is 6.61 Å². The standard InChI is InChI=1S/C15H21FN2O2/c16-12-4-1-2-5-14(12)20-9-3-6-15(19)18-13(10-17)11-7-8-11/h1-2,4-5,11,13H,3,6-10,17H2,(H,18,19). The Kier molecular flexibility index (Phi) is 5.35. The second kappa shape index (κ2) is 7.24. The zero-order chi connectivity index (χ0) is 14.4. The number of ether oxygens (including phenoxy) is 1. The second-order valence-corrected chi connectivity index (χ2v) is 5.13. The number of nitrogens with two attached hydrogens (primary N) is 1. The Labute approximate surface area is 118 Å². The van der Waals surface area contributed by atoms with E-state index in [2.05, 4.69) is 5.32 Å². The Morgan fingerprint density at radius 1 is 1.45 bits per heavy atom. The van der Waals surface area contributed by atoms with Gasteiger partial charge in [0.25, 0.3) is 0 Å². The van der Waals surface area contributed by atoms with Gasteiger partial charge < -0.3 is 15.8 Å². The summed E-state index contributed by atoms with van der Waals surface area (Å²) in [7, 11) is 0. The van der Waals surface area contributed by atoms with Crippen molar-refractivity contribution in [2.45, 2.75) is 31.7 Å². The molecule has 1 fully saturated rings. The van der Waals surface area contributed by atoms with Gasteiger partial charge in [-0.15, -0.1) is 0 Å². The maximum Gasteiger partial charge on any atom is 0.220 e.